The molecule has 0 saturated carbocycles. The zero-order valence-electron chi connectivity index (χ0n) is 14.9. The number of nitrogens with two attached hydrogens (primary N) is 1. The van der Waals surface area contributed by atoms with E-state index in [-0.39, 0.29) is 4.90 Å². The summed E-state index contributed by atoms with van der Waals surface area (Å²) in [5, 5.41) is 11.6. The number of nitrogens with one attached hydrogen (secondary N) is 2. The van der Waals surface area contributed by atoms with Gasteiger partial charge in [0.15, 0.2) is 0 Å². The lowest BCUT2D eigenvalue weighted by molar-refractivity contribution is 0.598. The predicted octanol–water partition coefficient (Wildman–Crippen LogP) is 2.83. The van der Waals surface area contributed by atoms with Crippen LogP contribution in [0.5, 0.6) is 0 Å². The summed E-state index contributed by atoms with van der Waals surface area (Å²) < 4.78 is 22.5. The quantitative estimate of drug-likeness (QED) is 0.579. The van der Waals surface area contributed by atoms with E-state index in [0.717, 1.165) is 17.7 Å². The minimum Gasteiger partial charge on any atom is -0.370 e. The van der Waals surface area contributed by atoms with Crippen LogP contribution in [0, 0.1) is 6.92 Å². The van der Waals surface area contributed by atoms with Crippen molar-refractivity contribution in [3.63, 3.8) is 0 Å². The number of rotatable bonds is 7. The normalized spacial score (nSPS) is 11.2. The lowest BCUT2D eigenvalue weighted by Gasteiger charge is -2.09. The van der Waals surface area contributed by atoms with Gasteiger partial charge in [-0.25, -0.2) is 23.5 Å². The van der Waals surface area contributed by atoms with Crippen molar-refractivity contribution in [2.75, 3.05) is 17.2 Å². The van der Waals surface area contributed by atoms with E-state index in [0.29, 0.717) is 18.2 Å². The minimum atomic E-state index is -3.66. The molecule has 0 amide bonds. The first-order chi connectivity index (χ1) is 12.9. The molecule has 140 valence electrons. The summed E-state index contributed by atoms with van der Waals surface area (Å²) >= 11 is 0. The molecule has 0 spiro atoms. The van der Waals surface area contributed by atoms with E-state index in [1.807, 2.05) is 37.3 Å². The molecule has 0 atom stereocenters. The molecular formula is C19H21N5O2S. The van der Waals surface area contributed by atoms with Gasteiger partial charge in [-0.2, -0.15) is 0 Å². The molecule has 4 N–H and O–H groups in total. The molecular weight excluding hydrogens is 362 g/mol. The third-order valence-electron chi connectivity index (χ3n) is 3.96. The van der Waals surface area contributed by atoms with E-state index in [1.54, 1.807) is 12.1 Å². The van der Waals surface area contributed by atoms with Gasteiger partial charge >= 0.3 is 0 Å². The Balaban J connectivity index is 1.56. The number of aromatic nitrogens is 2. The summed E-state index contributed by atoms with van der Waals surface area (Å²) in [6, 6.07) is 16.4. The third-order valence-corrected chi connectivity index (χ3v) is 4.89. The number of hydrogen-bond acceptors (Lipinski definition) is 6. The van der Waals surface area contributed by atoms with Crippen molar-refractivity contribution in [2.45, 2.75) is 18.2 Å². The SMILES string of the molecule is Cc1ccc(Nc2cc(NCCc3ccc(S(N)(=O)=O)cc3)ncn2)cc1. The Hall–Kier alpha value is -2.97. The summed E-state index contributed by atoms with van der Waals surface area (Å²) in [6.45, 7) is 2.69. The summed E-state index contributed by atoms with van der Waals surface area (Å²) in [5.74, 6) is 1.41. The van der Waals surface area contributed by atoms with Crippen LogP contribution in [0.2, 0.25) is 0 Å². The zero-order valence-corrected chi connectivity index (χ0v) is 15.7. The van der Waals surface area contributed by atoms with E-state index in [4.69, 9.17) is 5.14 Å². The van der Waals surface area contributed by atoms with Gasteiger partial charge in [0.25, 0.3) is 0 Å². The van der Waals surface area contributed by atoms with Gasteiger partial charge in [0.2, 0.25) is 10.0 Å². The van der Waals surface area contributed by atoms with Crippen LogP contribution in [0.25, 0.3) is 0 Å². The van der Waals surface area contributed by atoms with Crippen molar-refractivity contribution >= 4 is 27.3 Å². The van der Waals surface area contributed by atoms with Crippen molar-refractivity contribution in [2.24, 2.45) is 5.14 Å². The maximum absolute atomic E-state index is 11.3. The van der Waals surface area contributed by atoms with Crippen LogP contribution in [-0.4, -0.2) is 24.9 Å². The van der Waals surface area contributed by atoms with Crippen LogP contribution >= 0.6 is 0 Å². The molecule has 0 aliphatic heterocycles. The van der Waals surface area contributed by atoms with Crippen molar-refractivity contribution in [3.05, 3.63) is 72.1 Å². The molecule has 0 radical (unpaired) electrons. The predicted molar refractivity (Wildman–Crippen MR) is 107 cm³/mol. The molecule has 3 aromatic rings. The zero-order chi connectivity index (χ0) is 19.3. The Kier molecular flexibility index (Phi) is 5.68. The van der Waals surface area contributed by atoms with Crippen LogP contribution < -0.4 is 15.8 Å². The number of anilines is 3. The fourth-order valence-corrected chi connectivity index (χ4v) is 3.00. The van der Waals surface area contributed by atoms with Crippen molar-refractivity contribution < 1.29 is 8.42 Å². The number of sulfonamides is 1. The summed E-state index contributed by atoms with van der Waals surface area (Å²) in [4.78, 5) is 8.55. The summed E-state index contributed by atoms with van der Waals surface area (Å²) in [5.41, 5.74) is 3.16. The van der Waals surface area contributed by atoms with Crippen molar-refractivity contribution in [3.8, 4) is 0 Å². The Labute approximate surface area is 158 Å². The number of nitrogens with zero attached hydrogens (tertiary/aromatic N) is 2. The van der Waals surface area contributed by atoms with Crippen molar-refractivity contribution in [1.82, 2.24) is 9.97 Å². The minimum absolute atomic E-state index is 0.113. The fraction of sp³-hybridized carbons (Fsp3) is 0.158. The van der Waals surface area contributed by atoms with Gasteiger partial charge in [0.1, 0.15) is 18.0 Å². The molecule has 1 aromatic heterocycles. The van der Waals surface area contributed by atoms with E-state index < -0.39 is 10.0 Å². The first-order valence-electron chi connectivity index (χ1n) is 8.41. The topological polar surface area (TPSA) is 110 Å². The van der Waals surface area contributed by atoms with Gasteiger partial charge in [-0.1, -0.05) is 29.8 Å². The standard InChI is InChI=1S/C19H21N5O2S/c1-14-2-6-16(7-3-14)24-19-12-18(22-13-23-19)21-11-10-15-4-8-17(9-5-15)27(20,25)26/h2-9,12-13H,10-11H2,1H3,(H2,20,25,26)(H2,21,22,23,24). The average Bonchev–Trinajstić information content (AvgIpc) is 2.64. The molecule has 8 heteroatoms. The largest absolute Gasteiger partial charge is 0.370 e. The monoisotopic (exact) mass is 383 g/mol. The maximum Gasteiger partial charge on any atom is 0.238 e. The Morgan fingerprint density at radius 1 is 0.963 bits per heavy atom. The first-order valence-corrected chi connectivity index (χ1v) is 9.96. The molecule has 3 rings (SSSR count). The Bertz CT molecular complexity index is 1000. The van der Waals surface area contributed by atoms with Crippen LogP contribution in [0.4, 0.5) is 17.3 Å². The first kappa shape index (κ1) is 18.8. The van der Waals surface area contributed by atoms with Crippen LogP contribution in [0.3, 0.4) is 0 Å². The van der Waals surface area contributed by atoms with Crippen LogP contribution in [-0.2, 0) is 16.4 Å². The van der Waals surface area contributed by atoms with E-state index in [2.05, 4.69) is 20.6 Å². The van der Waals surface area contributed by atoms with Crippen LogP contribution in [0.1, 0.15) is 11.1 Å². The lowest BCUT2D eigenvalue weighted by atomic mass is 10.1. The van der Waals surface area contributed by atoms with Gasteiger partial charge in [0, 0.05) is 18.3 Å². The van der Waals surface area contributed by atoms with Gasteiger partial charge in [-0.15, -0.1) is 0 Å². The second-order valence-corrected chi connectivity index (χ2v) is 7.71. The van der Waals surface area contributed by atoms with Gasteiger partial charge < -0.3 is 10.6 Å². The van der Waals surface area contributed by atoms with Gasteiger partial charge in [-0.3, -0.25) is 0 Å². The highest BCUT2D eigenvalue weighted by Gasteiger charge is 2.06. The Morgan fingerprint density at radius 3 is 2.30 bits per heavy atom. The fourth-order valence-electron chi connectivity index (χ4n) is 2.49. The molecule has 0 saturated heterocycles. The number of aryl methyl sites for hydroxylation is 1. The highest BCUT2D eigenvalue weighted by molar-refractivity contribution is 7.89. The highest BCUT2D eigenvalue weighted by atomic mass is 32.2. The van der Waals surface area contributed by atoms with Crippen molar-refractivity contribution in [1.29, 1.82) is 0 Å². The van der Waals surface area contributed by atoms with E-state index in [9.17, 15) is 8.42 Å². The maximum atomic E-state index is 11.3. The Morgan fingerprint density at radius 2 is 1.63 bits per heavy atom. The summed E-state index contributed by atoms with van der Waals surface area (Å²) in [7, 11) is -3.66. The highest BCUT2D eigenvalue weighted by Crippen LogP contribution is 2.17. The molecule has 0 aliphatic rings. The molecule has 2 aromatic carbocycles. The second-order valence-electron chi connectivity index (χ2n) is 6.15. The molecule has 27 heavy (non-hydrogen) atoms. The van der Waals surface area contributed by atoms with E-state index >= 15 is 0 Å². The molecule has 1 heterocycles. The van der Waals surface area contributed by atoms with E-state index in [1.165, 1.54) is 24.0 Å². The molecule has 0 aliphatic carbocycles. The molecule has 7 nitrogen and oxygen atoms in total. The van der Waals surface area contributed by atoms with Gasteiger partial charge in [0.05, 0.1) is 4.90 Å². The third kappa shape index (κ3) is 5.50. The lowest BCUT2D eigenvalue weighted by Crippen LogP contribution is -2.12. The second kappa shape index (κ2) is 8.15. The summed E-state index contributed by atoms with van der Waals surface area (Å²) in [6.07, 6.45) is 2.22. The number of primary sulfonamides is 1. The number of benzene rings is 2. The molecule has 0 fully saturated rings. The van der Waals surface area contributed by atoms with Gasteiger partial charge in [-0.05, 0) is 43.2 Å². The number of hydrogen-bond donors (Lipinski definition) is 3. The molecule has 0 unspecified atom stereocenters. The average molecular weight is 383 g/mol. The van der Waals surface area contributed by atoms with Crippen LogP contribution in [0.15, 0.2) is 65.8 Å². The molecule has 0 bridgehead atoms. The smallest absolute Gasteiger partial charge is 0.238 e.